The van der Waals surface area contributed by atoms with Crippen molar-refractivity contribution in [3.8, 4) is 0 Å². The molecule has 1 N–H and O–H groups in total. The van der Waals surface area contributed by atoms with E-state index in [1.54, 1.807) is 4.90 Å². The van der Waals surface area contributed by atoms with Crippen molar-refractivity contribution in [2.24, 2.45) is 5.92 Å². The van der Waals surface area contributed by atoms with Crippen LogP contribution in [-0.2, 0) is 4.79 Å². The van der Waals surface area contributed by atoms with E-state index in [0.717, 1.165) is 17.5 Å². The molecule has 0 bridgehead atoms. The Labute approximate surface area is 113 Å². The van der Waals surface area contributed by atoms with Gasteiger partial charge >= 0.3 is 5.97 Å². The molecule has 1 aromatic carbocycles. The highest BCUT2D eigenvalue weighted by Gasteiger charge is 2.28. The summed E-state index contributed by atoms with van der Waals surface area (Å²) >= 11 is 0. The zero-order valence-corrected chi connectivity index (χ0v) is 11.3. The van der Waals surface area contributed by atoms with E-state index in [-0.39, 0.29) is 18.2 Å². The lowest BCUT2D eigenvalue weighted by Crippen LogP contribution is -2.29. The normalized spacial score (nSPS) is 18.6. The second-order valence-electron chi connectivity index (χ2n) is 5.38. The topological polar surface area (TPSA) is 57.6 Å². The molecule has 1 amide bonds. The Bertz CT molecular complexity index is 490. The Kier molecular flexibility index (Phi) is 3.88. The number of amides is 1. The van der Waals surface area contributed by atoms with Crippen LogP contribution in [-0.4, -0.2) is 35.0 Å². The van der Waals surface area contributed by atoms with Crippen LogP contribution in [0, 0.1) is 19.8 Å². The second-order valence-corrected chi connectivity index (χ2v) is 5.38. The van der Waals surface area contributed by atoms with Crippen molar-refractivity contribution < 1.29 is 14.7 Å². The number of carbonyl (C=O) groups is 2. The monoisotopic (exact) mass is 261 g/mol. The minimum Gasteiger partial charge on any atom is -0.481 e. The van der Waals surface area contributed by atoms with E-state index in [1.165, 1.54) is 0 Å². The maximum Gasteiger partial charge on any atom is 0.303 e. The molecule has 1 aliphatic rings. The van der Waals surface area contributed by atoms with Gasteiger partial charge in [-0.25, -0.2) is 0 Å². The van der Waals surface area contributed by atoms with Crippen LogP contribution < -0.4 is 0 Å². The molecule has 0 saturated carbocycles. The highest BCUT2D eigenvalue weighted by atomic mass is 16.4. The summed E-state index contributed by atoms with van der Waals surface area (Å²) in [6, 6.07) is 5.81. The molecule has 0 radical (unpaired) electrons. The van der Waals surface area contributed by atoms with Crippen molar-refractivity contribution in [1.82, 2.24) is 4.90 Å². The summed E-state index contributed by atoms with van der Waals surface area (Å²) in [6.07, 6.45) is 0.930. The molecule has 1 fully saturated rings. The fourth-order valence-electron chi connectivity index (χ4n) is 2.71. The van der Waals surface area contributed by atoms with Gasteiger partial charge in [-0.1, -0.05) is 17.2 Å². The van der Waals surface area contributed by atoms with Gasteiger partial charge in [-0.15, -0.1) is 0 Å². The number of rotatable bonds is 3. The first-order valence-electron chi connectivity index (χ1n) is 6.55. The zero-order chi connectivity index (χ0) is 14.0. The van der Waals surface area contributed by atoms with Crippen LogP contribution in [0.15, 0.2) is 18.2 Å². The number of hydrogen-bond donors (Lipinski definition) is 1. The van der Waals surface area contributed by atoms with E-state index in [0.29, 0.717) is 18.7 Å². The van der Waals surface area contributed by atoms with Gasteiger partial charge in [0.05, 0.1) is 0 Å². The molecule has 1 heterocycles. The third kappa shape index (κ3) is 3.34. The molecular weight excluding hydrogens is 242 g/mol. The third-order valence-electron chi connectivity index (χ3n) is 3.50. The highest BCUT2D eigenvalue weighted by molar-refractivity contribution is 5.94. The fraction of sp³-hybridized carbons (Fsp3) is 0.467. The number of aliphatic carboxylic acids is 1. The SMILES string of the molecule is Cc1cc(C)cc(C(=O)N2CCC(CC(=O)O)C2)c1. The van der Waals surface area contributed by atoms with Crippen LogP contribution in [0.1, 0.15) is 34.3 Å². The highest BCUT2D eigenvalue weighted by Crippen LogP contribution is 2.22. The van der Waals surface area contributed by atoms with Gasteiger partial charge in [-0.2, -0.15) is 0 Å². The van der Waals surface area contributed by atoms with Gasteiger partial charge in [0.15, 0.2) is 0 Å². The lowest BCUT2D eigenvalue weighted by molar-refractivity contribution is -0.138. The zero-order valence-electron chi connectivity index (χ0n) is 11.3. The summed E-state index contributed by atoms with van der Waals surface area (Å²) in [6.45, 7) is 5.16. The van der Waals surface area contributed by atoms with Crippen molar-refractivity contribution in [3.63, 3.8) is 0 Å². The molecular formula is C15H19NO3. The third-order valence-corrected chi connectivity index (χ3v) is 3.50. The van der Waals surface area contributed by atoms with Crippen molar-refractivity contribution in [2.75, 3.05) is 13.1 Å². The molecule has 0 aliphatic carbocycles. The maximum atomic E-state index is 12.4. The van der Waals surface area contributed by atoms with Crippen LogP contribution in [0.3, 0.4) is 0 Å². The number of aryl methyl sites for hydroxylation is 2. The Morgan fingerprint density at radius 3 is 2.47 bits per heavy atom. The quantitative estimate of drug-likeness (QED) is 0.907. The van der Waals surface area contributed by atoms with E-state index in [9.17, 15) is 9.59 Å². The molecule has 0 aromatic heterocycles. The van der Waals surface area contributed by atoms with Gasteiger partial charge in [0.1, 0.15) is 0 Å². The minimum atomic E-state index is -0.786. The maximum absolute atomic E-state index is 12.4. The largest absolute Gasteiger partial charge is 0.481 e. The van der Waals surface area contributed by atoms with Crippen molar-refractivity contribution in [2.45, 2.75) is 26.7 Å². The number of carbonyl (C=O) groups excluding carboxylic acids is 1. The van der Waals surface area contributed by atoms with Crippen LogP contribution in [0.4, 0.5) is 0 Å². The predicted octanol–water partition coefficient (Wildman–Crippen LogP) is 2.24. The standard InChI is InChI=1S/C15H19NO3/c1-10-5-11(2)7-13(6-10)15(19)16-4-3-12(9-16)8-14(17)18/h5-7,12H,3-4,8-9H2,1-2H3,(H,17,18). The van der Waals surface area contributed by atoms with Crippen LogP contribution in [0.5, 0.6) is 0 Å². The molecule has 0 spiro atoms. The van der Waals surface area contributed by atoms with Crippen molar-refractivity contribution in [1.29, 1.82) is 0 Å². The van der Waals surface area contributed by atoms with E-state index in [2.05, 4.69) is 0 Å². The first-order chi connectivity index (χ1) is 8.95. The Balaban J connectivity index is 2.06. The average Bonchev–Trinajstić information content (AvgIpc) is 2.74. The first kappa shape index (κ1) is 13.6. The first-order valence-corrected chi connectivity index (χ1v) is 6.55. The average molecular weight is 261 g/mol. The summed E-state index contributed by atoms with van der Waals surface area (Å²) in [4.78, 5) is 24.8. The summed E-state index contributed by atoms with van der Waals surface area (Å²) in [5, 5.41) is 8.79. The Morgan fingerprint density at radius 2 is 1.89 bits per heavy atom. The molecule has 1 aromatic rings. The lowest BCUT2D eigenvalue weighted by Gasteiger charge is -2.17. The molecule has 1 atom stereocenters. The molecule has 4 heteroatoms. The molecule has 1 aliphatic heterocycles. The molecule has 1 unspecified atom stereocenters. The number of benzene rings is 1. The Morgan fingerprint density at radius 1 is 1.26 bits per heavy atom. The van der Waals surface area contributed by atoms with E-state index < -0.39 is 5.97 Å². The number of carboxylic acid groups (broad SMARTS) is 1. The molecule has 1 saturated heterocycles. The van der Waals surface area contributed by atoms with Gasteiger partial charge < -0.3 is 10.0 Å². The fourth-order valence-corrected chi connectivity index (χ4v) is 2.71. The van der Waals surface area contributed by atoms with E-state index in [4.69, 9.17) is 5.11 Å². The van der Waals surface area contributed by atoms with E-state index >= 15 is 0 Å². The van der Waals surface area contributed by atoms with Crippen LogP contribution in [0.25, 0.3) is 0 Å². The molecule has 19 heavy (non-hydrogen) atoms. The minimum absolute atomic E-state index is 0.0136. The van der Waals surface area contributed by atoms with Gasteiger partial charge in [-0.3, -0.25) is 9.59 Å². The van der Waals surface area contributed by atoms with Crippen molar-refractivity contribution >= 4 is 11.9 Å². The van der Waals surface area contributed by atoms with E-state index in [1.807, 2.05) is 32.0 Å². The summed E-state index contributed by atoms with van der Waals surface area (Å²) in [5.41, 5.74) is 2.85. The number of nitrogens with zero attached hydrogens (tertiary/aromatic N) is 1. The number of likely N-dealkylation sites (tertiary alicyclic amines) is 1. The number of carboxylic acids is 1. The van der Waals surface area contributed by atoms with Crippen LogP contribution >= 0.6 is 0 Å². The summed E-state index contributed by atoms with van der Waals surface area (Å²) in [5.74, 6) is -0.683. The molecule has 102 valence electrons. The van der Waals surface area contributed by atoms with Gasteiger partial charge in [0, 0.05) is 25.1 Å². The number of hydrogen-bond acceptors (Lipinski definition) is 2. The smallest absolute Gasteiger partial charge is 0.303 e. The second kappa shape index (κ2) is 5.43. The van der Waals surface area contributed by atoms with Crippen molar-refractivity contribution in [3.05, 3.63) is 34.9 Å². The van der Waals surface area contributed by atoms with Gasteiger partial charge in [0.25, 0.3) is 5.91 Å². The summed E-state index contributed by atoms with van der Waals surface area (Å²) < 4.78 is 0. The lowest BCUT2D eigenvalue weighted by atomic mass is 10.1. The van der Waals surface area contributed by atoms with Gasteiger partial charge in [-0.05, 0) is 38.3 Å². The van der Waals surface area contributed by atoms with Gasteiger partial charge in [0.2, 0.25) is 0 Å². The summed E-state index contributed by atoms with van der Waals surface area (Å²) in [7, 11) is 0. The van der Waals surface area contributed by atoms with Crippen LogP contribution in [0.2, 0.25) is 0 Å². The predicted molar refractivity (Wildman–Crippen MR) is 72.2 cm³/mol. The molecule has 2 rings (SSSR count). The Hall–Kier alpha value is -1.84. The molecule has 4 nitrogen and oxygen atoms in total.